The zero-order valence-electron chi connectivity index (χ0n) is 8.40. The normalized spacial score (nSPS) is 17.5. The topological polar surface area (TPSA) is 89.9 Å². The minimum Gasteiger partial charge on any atom is -0.392 e. The van der Waals surface area contributed by atoms with Crippen molar-refractivity contribution in [1.29, 1.82) is 0 Å². The van der Waals surface area contributed by atoms with Gasteiger partial charge in [-0.3, -0.25) is 4.57 Å². The van der Waals surface area contributed by atoms with Crippen LogP contribution in [-0.4, -0.2) is 31.2 Å². The van der Waals surface area contributed by atoms with Crippen LogP contribution in [0.2, 0.25) is 0 Å². The second-order valence-electron chi connectivity index (χ2n) is 2.49. The molecule has 0 rings (SSSR count). The van der Waals surface area contributed by atoms with Crippen LogP contribution in [0.3, 0.4) is 0 Å². The van der Waals surface area contributed by atoms with Crippen LogP contribution in [0.25, 0.3) is 0 Å². The lowest BCUT2D eigenvalue weighted by atomic mass is 10.6. The summed E-state index contributed by atoms with van der Waals surface area (Å²) >= 11 is 0. The van der Waals surface area contributed by atoms with Crippen LogP contribution >= 0.6 is 23.7 Å². The van der Waals surface area contributed by atoms with Crippen LogP contribution in [0, 0.1) is 0 Å². The molecule has 86 valence electrons. The van der Waals surface area contributed by atoms with E-state index in [1.54, 1.807) is 0 Å². The van der Waals surface area contributed by atoms with Gasteiger partial charge in [0.1, 0.15) is 0 Å². The second kappa shape index (κ2) is 7.34. The number of aliphatic hydroxyl groups is 1. The summed E-state index contributed by atoms with van der Waals surface area (Å²) in [4.78, 5) is 0. The zero-order valence-corrected chi connectivity index (χ0v) is 11.1. The average Bonchev–Trinajstić information content (AvgIpc) is 2.00. The van der Waals surface area contributed by atoms with Gasteiger partial charge in [0.05, 0.1) is 12.8 Å². The molecule has 0 saturated carbocycles. The standard InChI is InChI=1S/C6H13O6P3/c1-13(8)11-15(10,12-14(2)9)6-4-3-5-7/h3-4,7H,5-6H2,1-2H3/q+2/b4-3+. The Morgan fingerprint density at radius 1 is 1.20 bits per heavy atom. The number of aliphatic hydroxyl groups excluding tert-OH is 1. The van der Waals surface area contributed by atoms with Gasteiger partial charge in [0.15, 0.2) is 13.3 Å². The third kappa shape index (κ3) is 7.92. The van der Waals surface area contributed by atoms with E-state index in [1.807, 2.05) is 0 Å². The van der Waals surface area contributed by atoms with E-state index in [0.717, 1.165) is 0 Å². The average molecular weight is 274 g/mol. The summed E-state index contributed by atoms with van der Waals surface area (Å²) in [5, 5.41) is 8.45. The molecule has 0 saturated heterocycles. The van der Waals surface area contributed by atoms with Gasteiger partial charge in [0, 0.05) is 0 Å². The summed E-state index contributed by atoms with van der Waals surface area (Å²) < 4.78 is 42.6. The van der Waals surface area contributed by atoms with Gasteiger partial charge >= 0.3 is 23.7 Å². The van der Waals surface area contributed by atoms with Gasteiger partial charge in [-0.25, -0.2) is 0 Å². The molecular weight excluding hydrogens is 261 g/mol. The van der Waals surface area contributed by atoms with Crippen LogP contribution in [-0.2, 0) is 22.3 Å². The molecule has 0 aromatic carbocycles. The highest BCUT2D eigenvalue weighted by molar-refractivity contribution is 7.66. The maximum atomic E-state index is 11.8. The lowest BCUT2D eigenvalue weighted by Crippen LogP contribution is -1.89. The third-order valence-electron chi connectivity index (χ3n) is 1.08. The van der Waals surface area contributed by atoms with E-state index in [4.69, 9.17) is 5.11 Å². The minimum absolute atomic E-state index is 0.169. The van der Waals surface area contributed by atoms with E-state index >= 15 is 0 Å². The predicted octanol–water partition coefficient (Wildman–Crippen LogP) is 2.51. The minimum atomic E-state index is -3.63. The Labute approximate surface area is 89.9 Å². The fourth-order valence-electron chi connectivity index (χ4n) is 0.710. The Kier molecular flexibility index (Phi) is 7.37. The number of rotatable bonds is 7. The molecule has 0 amide bonds. The highest BCUT2D eigenvalue weighted by Gasteiger charge is 2.39. The zero-order chi connectivity index (χ0) is 11.9. The first kappa shape index (κ1) is 15.0. The number of allylic oxidation sites excluding steroid dienone is 1. The van der Waals surface area contributed by atoms with Crippen molar-refractivity contribution in [1.82, 2.24) is 0 Å². The molecule has 9 heteroatoms. The van der Waals surface area contributed by atoms with Gasteiger partial charge in [-0.2, -0.15) is 0 Å². The lowest BCUT2D eigenvalue weighted by Gasteiger charge is -2.00. The molecule has 0 aliphatic carbocycles. The molecule has 0 spiro atoms. The van der Waals surface area contributed by atoms with Crippen LogP contribution in [0.5, 0.6) is 0 Å². The van der Waals surface area contributed by atoms with Crippen LogP contribution in [0.15, 0.2) is 12.2 Å². The summed E-state index contributed by atoms with van der Waals surface area (Å²) in [5.74, 6) is 0. The monoisotopic (exact) mass is 274 g/mol. The van der Waals surface area contributed by atoms with E-state index in [-0.39, 0.29) is 12.8 Å². The summed E-state index contributed by atoms with van der Waals surface area (Å²) in [6.07, 6.45) is 2.53. The predicted molar refractivity (Wildman–Crippen MR) is 57.9 cm³/mol. The molecule has 2 unspecified atom stereocenters. The smallest absolute Gasteiger partial charge is 0.392 e. The van der Waals surface area contributed by atoms with Crippen molar-refractivity contribution >= 4 is 23.7 Å². The van der Waals surface area contributed by atoms with Crippen LogP contribution < -0.4 is 0 Å². The van der Waals surface area contributed by atoms with E-state index in [1.165, 1.54) is 25.5 Å². The highest BCUT2D eigenvalue weighted by atomic mass is 31.3. The number of hydrogen-bond acceptors (Lipinski definition) is 6. The molecule has 0 aromatic rings. The van der Waals surface area contributed by atoms with E-state index in [9.17, 15) is 13.7 Å². The third-order valence-corrected chi connectivity index (χ3v) is 5.57. The first-order valence-corrected chi connectivity index (χ1v) is 8.93. The van der Waals surface area contributed by atoms with Crippen molar-refractivity contribution < 1.29 is 27.4 Å². The molecule has 0 aliphatic heterocycles. The van der Waals surface area contributed by atoms with Crippen molar-refractivity contribution in [2.45, 2.75) is 0 Å². The summed E-state index contributed by atoms with van der Waals surface area (Å²) in [6.45, 7) is 2.24. The SMILES string of the molecule is C[P+](=O)OP(=O)(C/C=C/CO)O[P+](C)=O. The second-order valence-corrected chi connectivity index (χ2v) is 7.14. The Balaban J connectivity index is 4.54. The van der Waals surface area contributed by atoms with Gasteiger partial charge in [0.2, 0.25) is 0 Å². The summed E-state index contributed by atoms with van der Waals surface area (Å²) in [6, 6.07) is 0. The molecule has 0 radical (unpaired) electrons. The first-order chi connectivity index (χ1) is 6.89. The molecule has 0 bridgehead atoms. The largest absolute Gasteiger partial charge is 0.513 e. The highest BCUT2D eigenvalue weighted by Crippen LogP contribution is 2.59. The maximum Gasteiger partial charge on any atom is 0.513 e. The molecule has 15 heavy (non-hydrogen) atoms. The lowest BCUT2D eigenvalue weighted by molar-refractivity contribution is 0.342. The fraction of sp³-hybridized carbons (Fsp3) is 0.667. The van der Waals surface area contributed by atoms with E-state index in [0.29, 0.717) is 0 Å². The van der Waals surface area contributed by atoms with E-state index in [2.05, 4.69) is 8.62 Å². The van der Waals surface area contributed by atoms with Gasteiger partial charge < -0.3 is 5.11 Å². The fourth-order valence-corrected chi connectivity index (χ4v) is 4.84. The molecule has 0 fully saturated rings. The van der Waals surface area contributed by atoms with Crippen molar-refractivity contribution in [2.75, 3.05) is 26.1 Å². The van der Waals surface area contributed by atoms with Crippen molar-refractivity contribution in [2.24, 2.45) is 0 Å². The van der Waals surface area contributed by atoms with Crippen molar-refractivity contribution in [3.05, 3.63) is 12.2 Å². The molecule has 0 aliphatic rings. The van der Waals surface area contributed by atoms with Crippen LogP contribution in [0.1, 0.15) is 0 Å². The van der Waals surface area contributed by atoms with E-state index < -0.39 is 23.7 Å². The molecule has 1 N–H and O–H groups in total. The molecule has 2 atom stereocenters. The first-order valence-electron chi connectivity index (χ1n) is 3.95. The summed E-state index contributed by atoms with van der Waals surface area (Å²) in [5.41, 5.74) is 0. The van der Waals surface area contributed by atoms with Gasteiger partial charge in [-0.15, -0.1) is 0 Å². The molecule has 6 nitrogen and oxygen atoms in total. The van der Waals surface area contributed by atoms with Crippen molar-refractivity contribution in [3.63, 3.8) is 0 Å². The quantitative estimate of drug-likeness (QED) is 0.566. The Bertz CT molecular complexity index is 292. The molecule has 0 aromatic heterocycles. The summed E-state index contributed by atoms with van der Waals surface area (Å²) in [7, 11) is -7.83. The Morgan fingerprint density at radius 3 is 2.00 bits per heavy atom. The Morgan fingerprint density at radius 2 is 1.67 bits per heavy atom. The van der Waals surface area contributed by atoms with Gasteiger partial charge in [-0.1, -0.05) is 20.8 Å². The van der Waals surface area contributed by atoms with Crippen molar-refractivity contribution in [3.8, 4) is 0 Å². The van der Waals surface area contributed by atoms with Crippen LogP contribution in [0.4, 0.5) is 0 Å². The number of hydrogen-bond donors (Lipinski definition) is 1. The Hall–Kier alpha value is 0.0500. The maximum absolute atomic E-state index is 11.8. The van der Waals surface area contributed by atoms with Gasteiger partial charge in [0.25, 0.3) is 0 Å². The molecular formula is C6H13O6P3+2. The molecule has 0 heterocycles. The van der Waals surface area contributed by atoms with Gasteiger partial charge in [-0.05, 0) is 9.13 Å².